The van der Waals surface area contributed by atoms with Crippen LogP contribution in [0.5, 0.6) is 0 Å². The summed E-state index contributed by atoms with van der Waals surface area (Å²) in [5, 5.41) is 11.1. The Morgan fingerprint density at radius 2 is 1.89 bits per heavy atom. The summed E-state index contributed by atoms with van der Waals surface area (Å²) in [4.78, 5) is 13.0. The van der Waals surface area contributed by atoms with Crippen LogP contribution in [0.25, 0.3) is 0 Å². The molecule has 1 unspecified atom stereocenters. The Kier molecular flexibility index (Phi) is 5.44. The van der Waals surface area contributed by atoms with E-state index in [0.717, 1.165) is 18.7 Å². The lowest BCUT2D eigenvalue weighted by atomic mass is 9.90. The summed E-state index contributed by atoms with van der Waals surface area (Å²) in [5.74, 6) is 0. The first-order valence-electron chi connectivity index (χ1n) is 6.66. The first-order chi connectivity index (χ1) is 8.98. The molecule has 0 aliphatic rings. The maximum Gasteiger partial charge on any atom is 0.272 e. The van der Waals surface area contributed by atoms with Crippen LogP contribution in [0.15, 0.2) is 24.3 Å². The minimum atomic E-state index is -0.325. The molecule has 19 heavy (non-hydrogen) atoms. The lowest BCUT2D eigenvalue weighted by Crippen LogP contribution is -2.53. The molecule has 0 aromatic heterocycles. The molecule has 0 saturated carbocycles. The summed E-state index contributed by atoms with van der Waals surface area (Å²) in [6, 6.07) is 6.89. The lowest BCUT2D eigenvalue weighted by molar-refractivity contribution is -0.385. The van der Waals surface area contributed by atoms with Gasteiger partial charge in [-0.1, -0.05) is 32.0 Å². The summed E-state index contributed by atoms with van der Waals surface area (Å²) in [6.45, 7) is 8.46. The van der Waals surface area contributed by atoms with Gasteiger partial charge in [0, 0.05) is 23.7 Å². The number of rotatable bonds is 7. The van der Waals surface area contributed by atoms with Gasteiger partial charge in [0.25, 0.3) is 5.69 Å². The molecular formula is C14H23N3O2. The van der Waals surface area contributed by atoms with Gasteiger partial charge >= 0.3 is 0 Å². The highest BCUT2D eigenvalue weighted by molar-refractivity contribution is 5.40. The average molecular weight is 265 g/mol. The maximum atomic E-state index is 11.1. The Balaban J connectivity index is 3.08. The molecule has 0 aliphatic carbocycles. The van der Waals surface area contributed by atoms with Crippen LogP contribution in [-0.4, -0.2) is 35.0 Å². The number of hydrogen-bond donors (Lipinski definition) is 1. The number of nitrogens with two attached hydrogens (primary N) is 1. The van der Waals surface area contributed by atoms with Crippen molar-refractivity contribution in [3.8, 4) is 0 Å². The molecule has 0 aliphatic heterocycles. The summed E-state index contributed by atoms with van der Waals surface area (Å²) >= 11 is 0. The first kappa shape index (κ1) is 15.6. The lowest BCUT2D eigenvalue weighted by Gasteiger charge is -2.39. The molecule has 0 fully saturated rings. The zero-order valence-electron chi connectivity index (χ0n) is 11.9. The Morgan fingerprint density at radius 1 is 1.32 bits per heavy atom. The second kappa shape index (κ2) is 6.63. The highest BCUT2D eigenvalue weighted by Crippen LogP contribution is 2.26. The fourth-order valence-electron chi connectivity index (χ4n) is 2.55. The van der Waals surface area contributed by atoms with Crippen LogP contribution in [0.3, 0.4) is 0 Å². The quantitative estimate of drug-likeness (QED) is 0.606. The summed E-state index contributed by atoms with van der Waals surface area (Å²) in [5.41, 5.74) is 6.59. The molecule has 2 N–H and O–H groups in total. The van der Waals surface area contributed by atoms with E-state index >= 15 is 0 Å². The van der Waals surface area contributed by atoms with E-state index in [1.165, 1.54) is 0 Å². The fourth-order valence-corrected chi connectivity index (χ4v) is 2.55. The summed E-state index contributed by atoms with van der Waals surface area (Å²) in [7, 11) is 0. The molecule has 0 bridgehead atoms. The number of nitro groups is 1. The summed E-state index contributed by atoms with van der Waals surface area (Å²) < 4.78 is 0. The Hall–Kier alpha value is -1.46. The maximum absolute atomic E-state index is 11.1. The van der Waals surface area contributed by atoms with Gasteiger partial charge in [-0.2, -0.15) is 0 Å². The van der Waals surface area contributed by atoms with Gasteiger partial charge in [-0.3, -0.25) is 15.0 Å². The van der Waals surface area contributed by atoms with Crippen molar-refractivity contribution in [2.45, 2.75) is 32.7 Å². The van der Waals surface area contributed by atoms with Gasteiger partial charge in [0.05, 0.1) is 4.92 Å². The monoisotopic (exact) mass is 265 g/mol. The average Bonchev–Trinajstić information content (AvgIpc) is 2.40. The number of hydrogen-bond acceptors (Lipinski definition) is 4. The highest BCUT2D eigenvalue weighted by atomic mass is 16.6. The van der Waals surface area contributed by atoms with E-state index in [0.29, 0.717) is 13.0 Å². The zero-order valence-corrected chi connectivity index (χ0v) is 11.9. The van der Waals surface area contributed by atoms with E-state index in [1.54, 1.807) is 12.1 Å². The molecule has 5 heteroatoms. The molecule has 0 radical (unpaired) electrons. The van der Waals surface area contributed by atoms with Gasteiger partial charge in [-0.25, -0.2) is 0 Å². The Bertz CT molecular complexity index is 432. The zero-order chi connectivity index (χ0) is 14.5. The van der Waals surface area contributed by atoms with E-state index in [9.17, 15) is 10.1 Å². The SMILES string of the molecule is CCN(CC)C(C)(CN)Cc1ccccc1[N+](=O)[O-]. The summed E-state index contributed by atoms with van der Waals surface area (Å²) in [6.07, 6.45) is 0.586. The van der Waals surface area contributed by atoms with Crippen LogP contribution in [0, 0.1) is 10.1 Å². The van der Waals surface area contributed by atoms with Crippen LogP contribution in [0.2, 0.25) is 0 Å². The number of likely N-dealkylation sites (N-methyl/N-ethyl adjacent to an activating group) is 1. The van der Waals surface area contributed by atoms with Crippen molar-refractivity contribution in [2.24, 2.45) is 5.73 Å². The van der Waals surface area contributed by atoms with Crippen molar-refractivity contribution in [2.75, 3.05) is 19.6 Å². The molecule has 106 valence electrons. The minimum absolute atomic E-state index is 0.175. The second-order valence-electron chi connectivity index (χ2n) is 4.94. The van der Waals surface area contributed by atoms with Gasteiger partial charge in [0.2, 0.25) is 0 Å². The third-order valence-electron chi connectivity index (χ3n) is 3.73. The smallest absolute Gasteiger partial charge is 0.272 e. The molecule has 1 aromatic carbocycles. The predicted molar refractivity (Wildman–Crippen MR) is 77.2 cm³/mol. The van der Waals surface area contributed by atoms with Crippen molar-refractivity contribution in [1.29, 1.82) is 0 Å². The van der Waals surface area contributed by atoms with Gasteiger partial charge in [0.1, 0.15) is 0 Å². The second-order valence-corrected chi connectivity index (χ2v) is 4.94. The largest absolute Gasteiger partial charge is 0.329 e. The number of nitro benzene ring substituents is 1. The Morgan fingerprint density at radius 3 is 2.37 bits per heavy atom. The normalized spacial score (nSPS) is 14.4. The number of benzene rings is 1. The highest BCUT2D eigenvalue weighted by Gasteiger charge is 2.31. The van der Waals surface area contributed by atoms with Crippen LogP contribution in [0.1, 0.15) is 26.3 Å². The molecular weight excluding hydrogens is 242 g/mol. The van der Waals surface area contributed by atoms with Gasteiger partial charge in [0.15, 0.2) is 0 Å². The molecule has 5 nitrogen and oxygen atoms in total. The van der Waals surface area contributed by atoms with Crippen molar-refractivity contribution >= 4 is 5.69 Å². The third-order valence-corrected chi connectivity index (χ3v) is 3.73. The molecule has 1 rings (SSSR count). The first-order valence-corrected chi connectivity index (χ1v) is 6.66. The van der Waals surface area contributed by atoms with Crippen molar-refractivity contribution in [1.82, 2.24) is 4.90 Å². The van der Waals surface area contributed by atoms with Gasteiger partial charge in [-0.15, -0.1) is 0 Å². The fraction of sp³-hybridized carbons (Fsp3) is 0.571. The van der Waals surface area contributed by atoms with Crippen molar-refractivity contribution in [3.05, 3.63) is 39.9 Å². The van der Waals surface area contributed by atoms with Gasteiger partial charge in [-0.05, 0) is 26.4 Å². The van der Waals surface area contributed by atoms with Crippen LogP contribution >= 0.6 is 0 Å². The van der Waals surface area contributed by atoms with Gasteiger partial charge < -0.3 is 5.73 Å². The number of para-hydroxylation sites is 1. The molecule has 0 heterocycles. The molecule has 1 aromatic rings. The molecule has 1 atom stereocenters. The van der Waals surface area contributed by atoms with Crippen LogP contribution in [-0.2, 0) is 6.42 Å². The van der Waals surface area contributed by atoms with E-state index < -0.39 is 0 Å². The molecule has 0 spiro atoms. The third kappa shape index (κ3) is 3.52. The van der Waals surface area contributed by atoms with E-state index in [-0.39, 0.29) is 16.1 Å². The van der Waals surface area contributed by atoms with Crippen LogP contribution < -0.4 is 5.73 Å². The standard InChI is InChI=1S/C14H23N3O2/c1-4-16(5-2)14(3,11-15)10-12-8-6-7-9-13(12)17(18)19/h6-9H,4-5,10-11,15H2,1-3H3. The molecule has 0 amide bonds. The van der Waals surface area contributed by atoms with Crippen LogP contribution in [0.4, 0.5) is 5.69 Å². The minimum Gasteiger partial charge on any atom is -0.329 e. The van der Waals surface area contributed by atoms with Crippen molar-refractivity contribution < 1.29 is 4.92 Å². The molecule has 0 saturated heterocycles. The van der Waals surface area contributed by atoms with Crippen molar-refractivity contribution in [3.63, 3.8) is 0 Å². The predicted octanol–water partition coefficient (Wildman–Crippen LogP) is 2.20. The van der Waals surface area contributed by atoms with E-state index in [4.69, 9.17) is 5.73 Å². The topological polar surface area (TPSA) is 72.4 Å². The van der Waals surface area contributed by atoms with E-state index in [2.05, 4.69) is 25.7 Å². The Labute approximate surface area is 114 Å². The van der Waals surface area contributed by atoms with E-state index in [1.807, 2.05) is 12.1 Å². The number of nitrogens with zero attached hydrogens (tertiary/aromatic N) is 2.